The first-order valence-corrected chi connectivity index (χ1v) is 9.91. The second kappa shape index (κ2) is 7.97. The number of carbonyl (C=O) groups is 1. The number of aromatic nitrogens is 1. The molecule has 7 heteroatoms. The molecule has 29 heavy (non-hydrogen) atoms. The largest absolute Gasteiger partial charge is 0.497 e. The number of nitrogens with one attached hydrogen (secondary N) is 1. The van der Waals surface area contributed by atoms with Crippen LogP contribution in [0.25, 0.3) is 22.0 Å². The highest BCUT2D eigenvalue weighted by molar-refractivity contribution is 6.30. The van der Waals surface area contributed by atoms with Crippen LogP contribution in [0.4, 0.5) is 0 Å². The highest BCUT2D eigenvalue weighted by atomic mass is 35.5. The summed E-state index contributed by atoms with van der Waals surface area (Å²) >= 11 is 6.07. The number of halogens is 1. The van der Waals surface area contributed by atoms with Crippen molar-refractivity contribution < 1.29 is 19.4 Å². The number of ether oxygens (including phenoxy) is 2. The number of rotatable bonds is 5. The van der Waals surface area contributed by atoms with Gasteiger partial charge in [0, 0.05) is 41.2 Å². The second-order valence-corrected chi connectivity index (χ2v) is 7.54. The second-order valence-electron chi connectivity index (χ2n) is 7.11. The Bertz CT molecular complexity index is 1040. The molecule has 1 saturated heterocycles. The minimum Gasteiger partial charge on any atom is -0.497 e. The number of carbonyl (C=O) groups excluding carboxylic acids is 1. The Morgan fingerprint density at radius 3 is 2.45 bits per heavy atom. The molecule has 1 aliphatic rings. The van der Waals surface area contributed by atoms with Crippen molar-refractivity contribution in [1.82, 2.24) is 9.88 Å². The zero-order chi connectivity index (χ0) is 20.5. The maximum atomic E-state index is 12.9. The van der Waals surface area contributed by atoms with Crippen molar-refractivity contribution in [2.75, 3.05) is 27.3 Å². The molecule has 1 amide bonds. The number of hydrogen-bond acceptors (Lipinski definition) is 4. The van der Waals surface area contributed by atoms with Gasteiger partial charge in [-0.3, -0.25) is 4.79 Å². The molecule has 0 aliphatic carbocycles. The summed E-state index contributed by atoms with van der Waals surface area (Å²) in [6.45, 7) is 1.34. The third-order valence-corrected chi connectivity index (χ3v) is 5.63. The zero-order valence-corrected chi connectivity index (χ0v) is 17.1. The molecule has 0 radical (unpaired) electrons. The predicted molar refractivity (Wildman–Crippen MR) is 113 cm³/mol. The number of methoxy groups -OCH3 is 2. The maximum Gasteiger partial charge on any atom is 0.257 e. The lowest BCUT2D eigenvalue weighted by atomic mass is 9.98. The van der Waals surface area contributed by atoms with Crippen LogP contribution in [0, 0.1) is 0 Å². The molecular weight excluding hydrogens is 392 g/mol. The normalized spacial score (nSPS) is 15.0. The zero-order valence-electron chi connectivity index (χ0n) is 16.4. The van der Waals surface area contributed by atoms with Crippen molar-refractivity contribution in [3.05, 3.63) is 47.1 Å². The summed E-state index contributed by atoms with van der Waals surface area (Å²) in [7, 11) is 3.16. The molecule has 6 nitrogen and oxygen atoms in total. The highest BCUT2D eigenvalue weighted by Crippen LogP contribution is 2.43. The van der Waals surface area contributed by atoms with Crippen molar-refractivity contribution in [3.8, 4) is 22.6 Å². The van der Waals surface area contributed by atoms with Gasteiger partial charge in [-0.05, 0) is 30.5 Å². The third kappa shape index (κ3) is 3.54. The number of likely N-dealkylation sites (tertiary alicyclic amines) is 1. The van der Waals surface area contributed by atoms with Crippen LogP contribution in [0.1, 0.15) is 24.6 Å². The van der Waals surface area contributed by atoms with E-state index in [4.69, 9.17) is 21.1 Å². The van der Waals surface area contributed by atoms with Gasteiger partial charge in [-0.25, -0.2) is 0 Å². The van der Waals surface area contributed by atoms with Crippen molar-refractivity contribution in [2.24, 2.45) is 0 Å². The molecule has 1 fully saturated rings. The summed E-state index contributed by atoms with van der Waals surface area (Å²) < 4.78 is 11.0. The van der Waals surface area contributed by atoms with Gasteiger partial charge in [0.25, 0.3) is 5.91 Å². The Balaban J connectivity index is 1.93. The molecule has 0 bridgehead atoms. The fraction of sp³-hybridized carbons (Fsp3) is 0.318. The van der Waals surface area contributed by atoms with Crippen LogP contribution in [0.15, 0.2) is 36.4 Å². The van der Waals surface area contributed by atoms with E-state index in [1.165, 1.54) is 0 Å². The van der Waals surface area contributed by atoms with Crippen LogP contribution >= 0.6 is 11.6 Å². The lowest BCUT2D eigenvalue weighted by Crippen LogP contribution is -2.32. The number of H-pyrrole nitrogens is 1. The third-order valence-electron chi connectivity index (χ3n) is 5.38. The molecule has 2 aromatic carbocycles. The van der Waals surface area contributed by atoms with Gasteiger partial charge in [0.05, 0.1) is 25.4 Å². The number of hydrogen-bond donors (Lipinski definition) is 2. The van der Waals surface area contributed by atoms with Gasteiger partial charge in [-0.15, -0.1) is 0 Å². The van der Waals surface area contributed by atoms with E-state index >= 15 is 0 Å². The molecule has 1 aliphatic heterocycles. The van der Waals surface area contributed by atoms with Gasteiger partial charge in [0.15, 0.2) is 6.10 Å². The van der Waals surface area contributed by atoms with Crippen molar-refractivity contribution in [2.45, 2.75) is 18.9 Å². The molecule has 2 N–H and O–H groups in total. The van der Waals surface area contributed by atoms with Crippen LogP contribution in [0.5, 0.6) is 11.5 Å². The lowest BCUT2D eigenvalue weighted by Gasteiger charge is -2.20. The number of aliphatic hydroxyl groups is 1. The SMILES string of the molecule is COc1cc(OC)c2c(-c3ccc(Cl)cc3)c(C(O)C(=O)N3CCCC3)[nH]c2c1. The lowest BCUT2D eigenvalue weighted by molar-refractivity contribution is -0.139. The molecular formula is C22H23ClN2O4. The smallest absolute Gasteiger partial charge is 0.257 e. The van der Waals surface area contributed by atoms with Crippen LogP contribution in [-0.2, 0) is 4.79 Å². The van der Waals surface area contributed by atoms with E-state index in [9.17, 15) is 9.90 Å². The maximum absolute atomic E-state index is 12.9. The number of nitrogens with zero attached hydrogens (tertiary/aromatic N) is 1. The van der Waals surface area contributed by atoms with Gasteiger partial charge in [-0.1, -0.05) is 23.7 Å². The van der Waals surface area contributed by atoms with E-state index in [2.05, 4.69) is 4.98 Å². The molecule has 1 unspecified atom stereocenters. The summed E-state index contributed by atoms with van der Waals surface area (Å²) in [5.74, 6) is 0.910. The monoisotopic (exact) mass is 414 g/mol. The minimum absolute atomic E-state index is 0.296. The number of aromatic amines is 1. The summed E-state index contributed by atoms with van der Waals surface area (Å²) in [5.41, 5.74) is 2.70. The van der Waals surface area contributed by atoms with E-state index in [1.54, 1.807) is 37.3 Å². The van der Waals surface area contributed by atoms with E-state index < -0.39 is 6.10 Å². The van der Waals surface area contributed by atoms with E-state index in [-0.39, 0.29) is 5.91 Å². The average Bonchev–Trinajstić information content (AvgIpc) is 3.40. The Morgan fingerprint density at radius 2 is 1.83 bits per heavy atom. The molecule has 4 rings (SSSR count). The fourth-order valence-corrected chi connectivity index (χ4v) is 4.05. The van der Waals surface area contributed by atoms with E-state index in [0.29, 0.717) is 35.3 Å². The summed E-state index contributed by atoms with van der Waals surface area (Å²) in [6.07, 6.45) is 0.613. The van der Waals surface area contributed by atoms with Gasteiger partial charge in [0.2, 0.25) is 0 Å². The Kier molecular flexibility index (Phi) is 5.39. The minimum atomic E-state index is -1.30. The molecule has 1 aromatic heterocycles. The average molecular weight is 415 g/mol. The molecule has 152 valence electrons. The fourth-order valence-electron chi connectivity index (χ4n) is 3.92. The standard InChI is InChI=1S/C22H23ClN2O4/c1-28-15-11-16-19(17(12-15)29-2)18(13-5-7-14(23)8-6-13)20(24-16)21(26)22(27)25-9-3-4-10-25/h5-8,11-12,21,24,26H,3-4,9-10H2,1-2H3. The summed E-state index contributed by atoms with van der Waals surface area (Å²) in [6, 6.07) is 10.9. The quantitative estimate of drug-likeness (QED) is 0.657. The number of benzene rings is 2. The number of fused-ring (bicyclic) bond motifs is 1. The summed E-state index contributed by atoms with van der Waals surface area (Å²) in [5, 5.41) is 12.4. The van der Waals surface area contributed by atoms with Gasteiger partial charge in [0.1, 0.15) is 11.5 Å². The van der Waals surface area contributed by atoms with Crippen LogP contribution < -0.4 is 9.47 Å². The molecule has 0 saturated carbocycles. The molecule has 2 heterocycles. The van der Waals surface area contributed by atoms with Crippen molar-refractivity contribution in [1.29, 1.82) is 0 Å². The first-order valence-electron chi connectivity index (χ1n) is 9.54. The Labute approximate surface area is 174 Å². The first-order chi connectivity index (χ1) is 14.0. The van der Waals surface area contributed by atoms with E-state index in [0.717, 1.165) is 34.9 Å². The van der Waals surface area contributed by atoms with Crippen LogP contribution in [0.3, 0.4) is 0 Å². The Hall–Kier alpha value is -2.70. The van der Waals surface area contributed by atoms with Crippen LogP contribution in [0.2, 0.25) is 5.02 Å². The topological polar surface area (TPSA) is 74.8 Å². The van der Waals surface area contributed by atoms with Gasteiger partial charge < -0.3 is 24.5 Å². The number of aliphatic hydroxyl groups excluding tert-OH is 1. The molecule has 0 spiro atoms. The first kappa shape index (κ1) is 19.6. The van der Waals surface area contributed by atoms with Crippen LogP contribution in [-0.4, -0.2) is 48.2 Å². The highest BCUT2D eigenvalue weighted by Gasteiger charge is 2.31. The van der Waals surface area contributed by atoms with Crippen molar-refractivity contribution in [3.63, 3.8) is 0 Å². The van der Waals surface area contributed by atoms with Gasteiger partial charge in [-0.2, -0.15) is 0 Å². The summed E-state index contributed by atoms with van der Waals surface area (Å²) in [4.78, 5) is 17.9. The van der Waals surface area contributed by atoms with Gasteiger partial charge >= 0.3 is 0 Å². The molecule has 1 atom stereocenters. The number of amides is 1. The Morgan fingerprint density at radius 1 is 1.14 bits per heavy atom. The van der Waals surface area contributed by atoms with E-state index in [1.807, 2.05) is 18.2 Å². The predicted octanol–water partition coefficient (Wildman–Crippen LogP) is 4.16. The van der Waals surface area contributed by atoms with Crippen molar-refractivity contribution >= 4 is 28.4 Å². The molecule has 3 aromatic rings.